The normalized spacial score (nSPS) is 10.7. The van der Waals surface area contributed by atoms with Gasteiger partial charge < -0.3 is 5.73 Å². The summed E-state index contributed by atoms with van der Waals surface area (Å²) >= 11 is 0. The minimum atomic E-state index is -0.598. The van der Waals surface area contributed by atoms with Crippen molar-refractivity contribution in [2.24, 2.45) is 11.6 Å². The molecule has 0 saturated carbocycles. The van der Waals surface area contributed by atoms with E-state index in [-0.39, 0.29) is 11.6 Å². The van der Waals surface area contributed by atoms with E-state index in [1.807, 2.05) is 24.3 Å². The lowest BCUT2D eigenvalue weighted by atomic mass is 10.2. The van der Waals surface area contributed by atoms with Crippen molar-refractivity contribution in [2.45, 2.75) is 0 Å². The Kier molecular flexibility index (Phi) is 2.77. The molecule has 3 rings (SSSR count). The first-order valence-electron chi connectivity index (χ1n) is 5.78. The fraction of sp³-hybridized carbons (Fsp3) is 0. The quantitative estimate of drug-likeness (QED) is 0.460. The highest BCUT2D eigenvalue weighted by Crippen LogP contribution is 2.20. The maximum Gasteiger partial charge on any atom is 0.269 e. The second kappa shape index (κ2) is 4.59. The van der Waals surface area contributed by atoms with Crippen LogP contribution in [0.4, 0.5) is 5.95 Å². The third-order valence-corrected chi connectivity index (χ3v) is 2.77. The van der Waals surface area contributed by atoms with Crippen LogP contribution in [0.15, 0.2) is 36.5 Å². The molecule has 100 valence electrons. The van der Waals surface area contributed by atoms with Crippen molar-refractivity contribution < 1.29 is 4.79 Å². The molecule has 0 radical (unpaired) electrons. The number of rotatable bonds is 3. The standard InChI is InChI=1S/C12H11N7O/c13-10(20)9-5-6-19(18-9)11-7-3-1-2-4-8(7)15-12(16-11)17-14/h1-6H,14H2,(H2,13,20)(H,15,16,17). The molecule has 20 heavy (non-hydrogen) atoms. The zero-order valence-corrected chi connectivity index (χ0v) is 10.3. The summed E-state index contributed by atoms with van der Waals surface area (Å²) in [5, 5.41) is 4.87. The minimum Gasteiger partial charge on any atom is -0.364 e. The Morgan fingerprint density at radius 1 is 1.20 bits per heavy atom. The first-order chi connectivity index (χ1) is 9.69. The van der Waals surface area contributed by atoms with Gasteiger partial charge in [0.15, 0.2) is 5.82 Å². The van der Waals surface area contributed by atoms with Gasteiger partial charge in [-0.25, -0.2) is 15.5 Å². The number of nitrogens with zero attached hydrogens (tertiary/aromatic N) is 4. The highest BCUT2D eigenvalue weighted by Gasteiger charge is 2.11. The van der Waals surface area contributed by atoms with Gasteiger partial charge in [-0.3, -0.25) is 10.2 Å². The number of fused-ring (bicyclic) bond motifs is 1. The molecule has 0 atom stereocenters. The largest absolute Gasteiger partial charge is 0.364 e. The van der Waals surface area contributed by atoms with E-state index >= 15 is 0 Å². The van der Waals surface area contributed by atoms with Crippen LogP contribution in [0.2, 0.25) is 0 Å². The minimum absolute atomic E-state index is 0.162. The Morgan fingerprint density at radius 3 is 2.70 bits per heavy atom. The van der Waals surface area contributed by atoms with Gasteiger partial charge in [-0.1, -0.05) is 12.1 Å². The molecule has 0 unspecified atom stereocenters. The van der Waals surface area contributed by atoms with Crippen LogP contribution in [0.3, 0.4) is 0 Å². The lowest BCUT2D eigenvalue weighted by Crippen LogP contribution is -2.14. The number of benzene rings is 1. The number of nitrogens with one attached hydrogen (secondary N) is 1. The number of aromatic nitrogens is 4. The number of amides is 1. The summed E-state index contributed by atoms with van der Waals surface area (Å²) in [6.45, 7) is 0. The van der Waals surface area contributed by atoms with Crippen molar-refractivity contribution in [3.63, 3.8) is 0 Å². The number of para-hydroxylation sites is 1. The zero-order valence-electron chi connectivity index (χ0n) is 10.3. The van der Waals surface area contributed by atoms with Gasteiger partial charge in [0.1, 0.15) is 5.69 Å². The number of hydrogen-bond acceptors (Lipinski definition) is 6. The first-order valence-corrected chi connectivity index (χ1v) is 5.78. The van der Waals surface area contributed by atoms with Crippen molar-refractivity contribution in [3.8, 4) is 5.82 Å². The summed E-state index contributed by atoms with van der Waals surface area (Å²) < 4.78 is 1.46. The summed E-state index contributed by atoms with van der Waals surface area (Å²) in [5.74, 6) is 5.53. The molecule has 1 amide bonds. The van der Waals surface area contributed by atoms with E-state index in [1.165, 1.54) is 10.7 Å². The molecule has 1 aromatic carbocycles. The molecule has 0 bridgehead atoms. The third kappa shape index (κ3) is 1.93. The van der Waals surface area contributed by atoms with Gasteiger partial charge in [0.2, 0.25) is 5.95 Å². The summed E-state index contributed by atoms with van der Waals surface area (Å²) in [6.07, 6.45) is 1.61. The van der Waals surface area contributed by atoms with Crippen molar-refractivity contribution in [1.82, 2.24) is 19.7 Å². The summed E-state index contributed by atoms with van der Waals surface area (Å²) in [5.41, 5.74) is 8.47. The molecule has 0 aliphatic rings. The van der Waals surface area contributed by atoms with E-state index < -0.39 is 5.91 Å². The van der Waals surface area contributed by atoms with Crippen LogP contribution < -0.4 is 17.0 Å². The highest BCUT2D eigenvalue weighted by molar-refractivity contribution is 5.91. The van der Waals surface area contributed by atoms with E-state index in [9.17, 15) is 4.79 Å². The van der Waals surface area contributed by atoms with Gasteiger partial charge >= 0.3 is 0 Å². The van der Waals surface area contributed by atoms with Crippen LogP contribution in [-0.2, 0) is 0 Å². The lowest BCUT2D eigenvalue weighted by Gasteiger charge is -2.07. The Labute approximate surface area is 113 Å². The SMILES string of the molecule is NNc1nc(-n2ccc(C(N)=O)n2)c2ccccc2n1. The van der Waals surface area contributed by atoms with Crippen molar-refractivity contribution in [1.29, 1.82) is 0 Å². The van der Waals surface area contributed by atoms with Crippen molar-refractivity contribution in [2.75, 3.05) is 5.43 Å². The average molecular weight is 269 g/mol. The average Bonchev–Trinajstić information content (AvgIpc) is 2.96. The van der Waals surface area contributed by atoms with Gasteiger partial charge in [-0.05, 0) is 18.2 Å². The predicted molar refractivity (Wildman–Crippen MR) is 73.0 cm³/mol. The molecule has 3 aromatic rings. The monoisotopic (exact) mass is 269 g/mol. The smallest absolute Gasteiger partial charge is 0.269 e. The van der Waals surface area contributed by atoms with Crippen LogP contribution in [0.1, 0.15) is 10.5 Å². The summed E-state index contributed by atoms with van der Waals surface area (Å²) in [4.78, 5) is 19.6. The van der Waals surface area contributed by atoms with E-state index in [0.29, 0.717) is 11.3 Å². The molecule has 0 saturated heterocycles. The third-order valence-electron chi connectivity index (χ3n) is 2.77. The molecule has 8 nitrogen and oxygen atoms in total. The molecule has 0 aliphatic heterocycles. The summed E-state index contributed by atoms with van der Waals surface area (Å²) in [7, 11) is 0. The summed E-state index contributed by atoms with van der Waals surface area (Å²) in [6, 6.07) is 8.94. The van der Waals surface area contributed by atoms with Crippen LogP contribution >= 0.6 is 0 Å². The van der Waals surface area contributed by atoms with E-state index in [1.54, 1.807) is 6.20 Å². The molecular weight excluding hydrogens is 258 g/mol. The molecule has 8 heteroatoms. The Hall–Kier alpha value is -3.00. The zero-order chi connectivity index (χ0) is 14.1. The van der Waals surface area contributed by atoms with Crippen LogP contribution in [0, 0.1) is 0 Å². The van der Waals surface area contributed by atoms with Gasteiger partial charge in [-0.2, -0.15) is 10.1 Å². The molecule has 2 heterocycles. The molecule has 5 N–H and O–H groups in total. The van der Waals surface area contributed by atoms with E-state index in [4.69, 9.17) is 11.6 Å². The number of carbonyl (C=O) groups is 1. The van der Waals surface area contributed by atoms with Crippen LogP contribution in [0.25, 0.3) is 16.7 Å². The number of hydrogen-bond donors (Lipinski definition) is 3. The molecular formula is C12H11N7O. The lowest BCUT2D eigenvalue weighted by molar-refractivity contribution is 0.0995. The van der Waals surface area contributed by atoms with Crippen molar-refractivity contribution in [3.05, 3.63) is 42.2 Å². The van der Waals surface area contributed by atoms with Crippen LogP contribution in [-0.4, -0.2) is 25.7 Å². The molecule has 0 aliphatic carbocycles. The van der Waals surface area contributed by atoms with Gasteiger partial charge in [0.25, 0.3) is 5.91 Å². The van der Waals surface area contributed by atoms with Crippen molar-refractivity contribution >= 4 is 22.8 Å². The number of anilines is 1. The topological polar surface area (TPSA) is 125 Å². The Bertz CT molecular complexity index is 795. The number of hydrazine groups is 1. The number of nitrogen functional groups attached to an aromatic ring is 1. The van der Waals surface area contributed by atoms with E-state index in [0.717, 1.165) is 5.39 Å². The highest BCUT2D eigenvalue weighted by atomic mass is 16.1. The first kappa shape index (κ1) is 12.1. The molecule has 0 fully saturated rings. The number of primary amides is 1. The predicted octanol–water partition coefficient (Wildman–Crippen LogP) is 0.200. The van der Waals surface area contributed by atoms with Gasteiger partial charge in [0, 0.05) is 11.6 Å². The van der Waals surface area contributed by atoms with E-state index in [2.05, 4.69) is 20.5 Å². The maximum absolute atomic E-state index is 11.1. The van der Waals surface area contributed by atoms with Gasteiger partial charge in [-0.15, -0.1) is 0 Å². The number of nitrogens with two attached hydrogens (primary N) is 2. The molecule has 2 aromatic heterocycles. The fourth-order valence-corrected chi connectivity index (χ4v) is 1.87. The maximum atomic E-state index is 11.1. The fourth-order valence-electron chi connectivity index (χ4n) is 1.87. The Balaban J connectivity index is 2.25. The second-order valence-electron chi connectivity index (χ2n) is 4.04. The molecule has 0 spiro atoms. The Morgan fingerprint density at radius 2 is 2.00 bits per heavy atom. The number of carbonyl (C=O) groups excluding carboxylic acids is 1. The second-order valence-corrected chi connectivity index (χ2v) is 4.04. The van der Waals surface area contributed by atoms with Gasteiger partial charge in [0.05, 0.1) is 5.52 Å². The van der Waals surface area contributed by atoms with Crippen LogP contribution in [0.5, 0.6) is 0 Å².